The molecular weight excluding hydrogens is 359 g/mol. The first-order valence-corrected chi connectivity index (χ1v) is 12.1. The molecule has 0 N–H and O–H groups in total. The van der Waals surface area contributed by atoms with Crippen molar-refractivity contribution in [2.24, 2.45) is 46.3 Å². The van der Waals surface area contributed by atoms with Gasteiger partial charge in [-0.2, -0.15) is 0 Å². The Labute approximate surface area is 175 Å². The Morgan fingerprint density at radius 2 is 1.66 bits per heavy atom. The van der Waals surface area contributed by atoms with Gasteiger partial charge < -0.3 is 0 Å². The van der Waals surface area contributed by atoms with Gasteiger partial charge in [-0.05, 0) is 104 Å². The first kappa shape index (κ1) is 19.8. The number of hydrogen-bond donors (Lipinski definition) is 0. The molecule has 2 heteroatoms. The molecule has 0 saturated heterocycles. The second kappa shape index (κ2) is 6.92. The molecule has 8 atom stereocenters. The van der Waals surface area contributed by atoms with E-state index in [0.717, 1.165) is 36.5 Å². The number of Topliss-reactive ketones (excluding diaryl/α,β-unsaturated/α-hetero) is 1. The van der Waals surface area contributed by atoms with Crippen molar-refractivity contribution in [3.8, 4) is 0 Å². The maximum absolute atomic E-state index is 14.4. The number of benzene rings is 1. The van der Waals surface area contributed by atoms with Crippen molar-refractivity contribution in [1.29, 1.82) is 0 Å². The maximum atomic E-state index is 14.4. The molecule has 4 aliphatic rings. The predicted octanol–water partition coefficient (Wildman–Crippen LogP) is 7.30. The number of halogens is 1. The fourth-order valence-electron chi connectivity index (χ4n) is 8.75. The second-order valence-electron chi connectivity index (χ2n) is 11.6. The van der Waals surface area contributed by atoms with E-state index in [9.17, 15) is 9.18 Å². The van der Waals surface area contributed by atoms with Gasteiger partial charge in [0.25, 0.3) is 0 Å². The quantitative estimate of drug-likeness (QED) is 0.479. The molecular formula is C27H37FO. The van der Waals surface area contributed by atoms with E-state index in [-0.39, 0.29) is 22.9 Å². The average molecular weight is 397 g/mol. The Morgan fingerprint density at radius 3 is 2.45 bits per heavy atom. The normalized spacial score (nSPS) is 46.5. The van der Waals surface area contributed by atoms with Crippen LogP contribution in [-0.4, -0.2) is 5.78 Å². The van der Waals surface area contributed by atoms with Gasteiger partial charge in [-0.3, -0.25) is 4.79 Å². The number of carbonyl (C=O) groups is 1. The molecule has 158 valence electrons. The van der Waals surface area contributed by atoms with E-state index >= 15 is 0 Å². The van der Waals surface area contributed by atoms with Crippen molar-refractivity contribution in [3.05, 3.63) is 35.6 Å². The lowest BCUT2D eigenvalue weighted by molar-refractivity contribution is -0.114. The lowest BCUT2D eigenvalue weighted by atomic mass is 9.44. The molecule has 4 aliphatic carbocycles. The first-order chi connectivity index (χ1) is 13.8. The topological polar surface area (TPSA) is 17.1 Å². The third-order valence-corrected chi connectivity index (χ3v) is 10.4. The summed E-state index contributed by atoms with van der Waals surface area (Å²) in [5, 5.41) is 0. The predicted molar refractivity (Wildman–Crippen MR) is 115 cm³/mol. The molecule has 1 nitrogen and oxygen atoms in total. The van der Waals surface area contributed by atoms with Crippen molar-refractivity contribution < 1.29 is 9.18 Å². The maximum Gasteiger partial charge on any atom is 0.169 e. The molecule has 0 aromatic heterocycles. The van der Waals surface area contributed by atoms with Gasteiger partial charge >= 0.3 is 0 Å². The second-order valence-corrected chi connectivity index (χ2v) is 11.6. The van der Waals surface area contributed by atoms with E-state index in [2.05, 4.69) is 20.8 Å². The fraction of sp³-hybridized carbons (Fsp3) is 0.741. The Morgan fingerprint density at radius 1 is 0.931 bits per heavy atom. The van der Waals surface area contributed by atoms with E-state index in [1.165, 1.54) is 51.0 Å². The minimum absolute atomic E-state index is 0.00209. The summed E-state index contributed by atoms with van der Waals surface area (Å²) in [6, 6.07) is 6.61. The third kappa shape index (κ3) is 2.87. The van der Waals surface area contributed by atoms with Gasteiger partial charge in [0.05, 0.1) is 5.56 Å². The van der Waals surface area contributed by atoms with Crippen molar-refractivity contribution in [3.63, 3.8) is 0 Å². The number of hydrogen-bond acceptors (Lipinski definition) is 1. The van der Waals surface area contributed by atoms with Crippen molar-refractivity contribution in [2.75, 3.05) is 0 Å². The highest BCUT2D eigenvalue weighted by molar-refractivity contribution is 5.98. The SMILES string of the molecule is CC1CCC2(C)C(CCC3C2CCC2(C)C(C(=O)c4ccccc4F)CCC32)C1. The summed E-state index contributed by atoms with van der Waals surface area (Å²) in [5.41, 5.74) is 0.897. The molecule has 1 aromatic carbocycles. The fourth-order valence-corrected chi connectivity index (χ4v) is 8.75. The molecule has 4 saturated carbocycles. The van der Waals surface area contributed by atoms with Gasteiger partial charge in [-0.1, -0.05) is 39.3 Å². The summed E-state index contributed by atoms with van der Waals surface area (Å²) in [6.45, 7) is 7.43. The van der Waals surface area contributed by atoms with Crippen LogP contribution in [0.5, 0.6) is 0 Å². The number of ketones is 1. The Kier molecular flexibility index (Phi) is 4.72. The zero-order valence-electron chi connectivity index (χ0n) is 18.4. The summed E-state index contributed by atoms with van der Waals surface area (Å²) in [7, 11) is 0. The first-order valence-electron chi connectivity index (χ1n) is 12.1. The van der Waals surface area contributed by atoms with Crippen molar-refractivity contribution in [1.82, 2.24) is 0 Å². The van der Waals surface area contributed by atoms with Gasteiger partial charge in [0, 0.05) is 5.92 Å². The standard InChI is InChI=1S/C27H37FO/c1-17-12-14-26(2)18(16-17)8-9-19-21-10-11-23(27(21,3)15-13-22(19)26)25(29)20-6-4-5-7-24(20)28/h4-7,17-19,21-23H,8-16H2,1-3H3. The summed E-state index contributed by atoms with van der Waals surface area (Å²) >= 11 is 0. The van der Waals surface area contributed by atoms with E-state index in [1.807, 2.05) is 0 Å². The number of rotatable bonds is 2. The van der Waals surface area contributed by atoms with Crippen LogP contribution in [0.1, 0.15) is 88.9 Å². The summed E-state index contributed by atoms with van der Waals surface area (Å²) < 4.78 is 14.4. The van der Waals surface area contributed by atoms with Crippen LogP contribution in [0.3, 0.4) is 0 Å². The largest absolute Gasteiger partial charge is 0.294 e. The Bertz CT molecular complexity index is 801. The van der Waals surface area contributed by atoms with Crippen LogP contribution in [0.15, 0.2) is 24.3 Å². The van der Waals surface area contributed by atoms with Gasteiger partial charge in [0.15, 0.2) is 5.78 Å². The van der Waals surface area contributed by atoms with E-state index in [4.69, 9.17) is 0 Å². The molecule has 4 fully saturated rings. The Balaban J connectivity index is 1.41. The summed E-state index contributed by atoms with van der Waals surface area (Å²) in [5.74, 6) is 3.81. The van der Waals surface area contributed by atoms with Crippen LogP contribution in [0.2, 0.25) is 0 Å². The molecule has 0 spiro atoms. The van der Waals surface area contributed by atoms with Gasteiger partial charge in [-0.25, -0.2) is 4.39 Å². The zero-order valence-corrected chi connectivity index (χ0v) is 18.4. The van der Waals surface area contributed by atoms with Crippen LogP contribution < -0.4 is 0 Å². The van der Waals surface area contributed by atoms with Crippen LogP contribution in [0.4, 0.5) is 4.39 Å². The average Bonchev–Trinajstić information content (AvgIpc) is 3.05. The minimum Gasteiger partial charge on any atom is -0.294 e. The molecule has 0 aliphatic heterocycles. The molecule has 1 aromatic rings. The molecule has 5 rings (SSSR count). The van der Waals surface area contributed by atoms with Crippen LogP contribution in [0.25, 0.3) is 0 Å². The number of carbonyl (C=O) groups excluding carboxylic acids is 1. The van der Waals surface area contributed by atoms with Gasteiger partial charge in [-0.15, -0.1) is 0 Å². The van der Waals surface area contributed by atoms with Crippen molar-refractivity contribution in [2.45, 2.75) is 78.6 Å². The lowest BCUT2D eigenvalue weighted by Crippen LogP contribution is -2.53. The summed E-state index contributed by atoms with van der Waals surface area (Å²) in [4.78, 5) is 13.4. The monoisotopic (exact) mass is 396 g/mol. The smallest absolute Gasteiger partial charge is 0.169 e. The molecule has 0 bridgehead atoms. The minimum atomic E-state index is -0.345. The third-order valence-electron chi connectivity index (χ3n) is 10.4. The van der Waals surface area contributed by atoms with Crippen LogP contribution in [0, 0.1) is 52.2 Å². The highest BCUT2D eigenvalue weighted by atomic mass is 19.1. The van der Waals surface area contributed by atoms with E-state index in [1.54, 1.807) is 18.2 Å². The zero-order chi connectivity index (χ0) is 20.4. The van der Waals surface area contributed by atoms with Gasteiger partial charge in [0.1, 0.15) is 5.82 Å². The molecule has 0 heterocycles. The van der Waals surface area contributed by atoms with E-state index in [0.29, 0.717) is 16.9 Å². The van der Waals surface area contributed by atoms with Gasteiger partial charge in [0.2, 0.25) is 0 Å². The molecule has 0 radical (unpaired) electrons. The van der Waals surface area contributed by atoms with Crippen LogP contribution >= 0.6 is 0 Å². The molecule has 29 heavy (non-hydrogen) atoms. The van der Waals surface area contributed by atoms with E-state index < -0.39 is 0 Å². The number of fused-ring (bicyclic) bond motifs is 5. The van der Waals surface area contributed by atoms with Crippen molar-refractivity contribution >= 4 is 5.78 Å². The highest BCUT2D eigenvalue weighted by Gasteiger charge is 2.61. The lowest BCUT2D eigenvalue weighted by Gasteiger charge is -2.61. The Hall–Kier alpha value is -1.18. The highest BCUT2D eigenvalue weighted by Crippen LogP contribution is 2.68. The van der Waals surface area contributed by atoms with Crippen LogP contribution in [-0.2, 0) is 0 Å². The molecule has 8 unspecified atom stereocenters. The summed E-state index contributed by atoms with van der Waals surface area (Å²) in [6.07, 6.45) is 11.5. The molecule has 0 amide bonds.